The Labute approximate surface area is 179 Å². The van der Waals surface area contributed by atoms with Crippen LogP contribution in [-0.2, 0) is 6.18 Å². The van der Waals surface area contributed by atoms with Gasteiger partial charge in [0.1, 0.15) is 11.9 Å². The molecule has 2 aromatic rings. The lowest BCUT2D eigenvalue weighted by molar-refractivity contribution is -0.139. The van der Waals surface area contributed by atoms with Crippen LogP contribution in [0, 0.1) is 5.92 Å². The lowest BCUT2D eigenvalue weighted by atomic mass is 10.1. The second-order valence-electron chi connectivity index (χ2n) is 8.01. The number of nitrogens with zero attached hydrogens (tertiary/aromatic N) is 3. The Hall–Kier alpha value is -2.84. The molecule has 168 valence electrons. The number of hydrogen-bond acceptors (Lipinski definition) is 5. The molecule has 9 heteroatoms. The third kappa shape index (κ3) is 6.32. The Balaban J connectivity index is 1.53. The van der Waals surface area contributed by atoms with Gasteiger partial charge < -0.3 is 15.0 Å². The van der Waals surface area contributed by atoms with E-state index >= 15 is 0 Å². The number of piperidine rings is 1. The molecular weight excluding hydrogens is 409 g/mol. The molecule has 1 N–H and O–H groups in total. The molecule has 0 bridgehead atoms. The van der Waals surface area contributed by atoms with Crippen LogP contribution in [0.2, 0.25) is 0 Å². The monoisotopic (exact) mass is 436 g/mol. The van der Waals surface area contributed by atoms with Crippen molar-refractivity contribution in [2.24, 2.45) is 5.92 Å². The van der Waals surface area contributed by atoms with Crippen molar-refractivity contribution in [1.82, 2.24) is 15.5 Å². The fraction of sp³-hybridized carbons (Fsp3) is 0.500. The molecule has 0 spiro atoms. The van der Waals surface area contributed by atoms with Crippen LogP contribution < -0.4 is 15.0 Å². The van der Waals surface area contributed by atoms with Gasteiger partial charge in [-0.3, -0.25) is 4.79 Å². The molecule has 0 atom stereocenters. The van der Waals surface area contributed by atoms with Crippen molar-refractivity contribution in [3.05, 3.63) is 47.7 Å². The molecule has 1 saturated heterocycles. The topological polar surface area (TPSA) is 67.4 Å². The maximum atomic E-state index is 13.1. The second-order valence-corrected chi connectivity index (χ2v) is 8.01. The van der Waals surface area contributed by atoms with E-state index in [9.17, 15) is 18.0 Å². The molecule has 1 fully saturated rings. The fourth-order valence-corrected chi connectivity index (χ4v) is 3.37. The summed E-state index contributed by atoms with van der Waals surface area (Å²) in [6, 6.07) is 8.65. The number of halogens is 3. The number of anilines is 1. The van der Waals surface area contributed by atoms with Gasteiger partial charge in [0.05, 0.1) is 5.56 Å². The average Bonchev–Trinajstić information content (AvgIpc) is 2.74. The van der Waals surface area contributed by atoms with Crippen LogP contribution in [0.15, 0.2) is 36.4 Å². The zero-order valence-corrected chi connectivity index (χ0v) is 17.7. The quantitative estimate of drug-likeness (QED) is 0.700. The summed E-state index contributed by atoms with van der Waals surface area (Å²) in [6.07, 6.45) is -2.74. The lowest BCUT2D eigenvalue weighted by Crippen LogP contribution is -2.39. The molecule has 0 saturated carbocycles. The van der Waals surface area contributed by atoms with Crippen LogP contribution in [0.3, 0.4) is 0 Å². The average molecular weight is 436 g/mol. The first-order valence-corrected chi connectivity index (χ1v) is 10.4. The van der Waals surface area contributed by atoms with Crippen LogP contribution >= 0.6 is 0 Å². The van der Waals surface area contributed by atoms with Gasteiger partial charge >= 0.3 is 6.18 Å². The molecule has 2 heterocycles. The van der Waals surface area contributed by atoms with Crippen LogP contribution in [0.25, 0.3) is 0 Å². The Morgan fingerprint density at radius 3 is 2.48 bits per heavy atom. The van der Waals surface area contributed by atoms with Gasteiger partial charge in [0.15, 0.2) is 11.5 Å². The molecule has 1 amide bonds. The molecule has 1 aliphatic rings. The highest BCUT2D eigenvalue weighted by molar-refractivity contribution is 5.92. The number of alkyl halides is 3. The molecule has 1 aliphatic heterocycles. The summed E-state index contributed by atoms with van der Waals surface area (Å²) < 4.78 is 45.1. The number of rotatable bonds is 7. The minimum absolute atomic E-state index is 0.138. The standard InChI is InChI=1S/C22H27F3N4O2/c1-15(2)9-12-26-21(30)18-7-8-20(28-27-18)29-13-10-16(11-14-29)31-19-6-4-3-5-17(19)22(23,24)25/h3-8,15-16H,9-14H2,1-2H3,(H,26,30). The Morgan fingerprint density at radius 1 is 1.16 bits per heavy atom. The van der Waals surface area contributed by atoms with Crippen molar-refractivity contribution >= 4 is 11.7 Å². The summed E-state index contributed by atoms with van der Waals surface area (Å²) in [5.41, 5.74) is -0.500. The van der Waals surface area contributed by atoms with E-state index in [4.69, 9.17) is 4.74 Å². The molecule has 1 aromatic heterocycles. The van der Waals surface area contributed by atoms with Crippen molar-refractivity contribution in [2.75, 3.05) is 24.5 Å². The Morgan fingerprint density at radius 2 is 1.87 bits per heavy atom. The third-order valence-electron chi connectivity index (χ3n) is 5.14. The van der Waals surface area contributed by atoms with Gasteiger partial charge in [-0.25, -0.2) is 0 Å². The van der Waals surface area contributed by atoms with E-state index in [0.717, 1.165) is 12.5 Å². The van der Waals surface area contributed by atoms with E-state index in [0.29, 0.717) is 44.2 Å². The highest BCUT2D eigenvalue weighted by atomic mass is 19.4. The molecule has 31 heavy (non-hydrogen) atoms. The molecule has 3 rings (SSSR count). The van der Waals surface area contributed by atoms with Gasteiger partial charge in [0, 0.05) is 32.5 Å². The van der Waals surface area contributed by atoms with Crippen LogP contribution in [0.1, 0.15) is 49.2 Å². The summed E-state index contributed by atoms with van der Waals surface area (Å²) in [7, 11) is 0. The number of benzene rings is 1. The number of aromatic nitrogens is 2. The van der Waals surface area contributed by atoms with Gasteiger partial charge in [-0.2, -0.15) is 13.2 Å². The van der Waals surface area contributed by atoms with E-state index in [-0.39, 0.29) is 23.5 Å². The highest BCUT2D eigenvalue weighted by Crippen LogP contribution is 2.37. The van der Waals surface area contributed by atoms with Crippen LogP contribution in [0.5, 0.6) is 5.75 Å². The fourth-order valence-electron chi connectivity index (χ4n) is 3.37. The second kappa shape index (κ2) is 9.98. The van der Waals surface area contributed by atoms with Crippen molar-refractivity contribution in [3.8, 4) is 5.75 Å². The van der Waals surface area contributed by atoms with E-state index in [1.165, 1.54) is 18.2 Å². The summed E-state index contributed by atoms with van der Waals surface area (Å²) in [6.45, 7) is 5.92. The zero-order chi connectivity index (χ0) is 22.4. The molecular formula is C22H27F3N4O2. The highest BCUT2D eigenvalue weighted by Gasteiger charge is 2.35. The van der Waals surface area contributed by atoms with Gasteiger partial charge in [0.25, 0.3) is 5.91 Å². The number of amides is 1. The molecule has 0 radical (unpaired) electrons. The third-order valence-corrected chi connectivity index (χ3v) is 5.14. The van der Waals surface area contributed by atoms with Gasteiger partial charge in [-0.1, -0.05) is 26.0 Å². The summed E-state index contributed by atoms with van der Waals surface area (Å²) in [5, 5.41) is 11.0. The molecule has 6 nitrogen and oxygen atoms in total. The first-order chi connectivity index (χ1) is 14.7. The predicted octanol–water partition coefficient (Wildman–Crippen LogP) is 4.32. The van der Waals surface area contributed by atoms with E-state index in [1.807, 2.05) is 4.90 Å². The summed E-state index contributed by atoms with van der Waals surface area (Å²) in [4.78, 5) is 14.1. The van der Waals surface area contributed by atoms with Gasteiger partial charge in [0.2, 0.25) is 0 Å². The van der Waals surface area contributed by atoms with Crippen molar-refractivity contribution < 1.29 is 22.7 Å². The predicted molar refractivity (Wildman–Crippen MR) is 111 cm³/mol. The number of para-hydroxylation sites is 1. The number of carbonyl (C=O) groups is 1. The van der Waals surface area contributed by atoms with Crippen LogP contribution in [-0.4, -0.2) is 41.8 Å². The minimum atomic E-state index is -4.45. The zero-order valence-electron chi connectivity index (χ0n) is 17.7. The number of carbonyl (C=O) groups excluding carboxylic acids is 1. The maximum Gasteiger partial charge on any atom is 0.419 e. The lowest BCUT2D eigenvalue weighted by Gasteiger charge is -2.33. The number of hydrogen-bond donors (Lipinski definition) is 1. The Bertz CT molecular complexity index is 864. The van der Waals surface area contributed by atoms with Crippen molar-refractivity contribution in [3.63, 3.8) is 0 Å². The summed E-state index contributed by atoms with van der Waals surface area (Å²) in [5.74, 6) is 0.742. The maximum absolute atomic E-state index is 13.1. The van der Waals surface area contributed by atoms with Crippen LogP contribution in [0.4, 0.5) is 19.0 Å². The number of ether oxygens (including phenoxy) is 1. The minimum Gasteiger partial charge on any atom is -0.490 e. The Kier molecular flexibility index (Phi) is 7.35. The largest absolute Gasteiger partial charge is 0.490 e. The summed E-state index contributed by atoms with van der Waals surface area (Å²) >= 11 is 0. The first kappa shape index (κ1) is 22.8. The number of nitrogens with one attached hydrogen (secondary N) is 1. The van der Waals surface area contributed by atoms with Crippen molar-refractivity contribution in [2.45, 2.75) is 45.4 Å². The molecule has 1 aromatic carbocycles. The molecule has 0 aliphatic carbocycles. The van der Waals surface area contributed by atoms with E-state index < -0.39 is 11.7 Å². The van der Waals surface area contributed by atoms with Crippen molar-refractivity contribution in [1.29, 1.82) is 0 Å². The SMILES string of the molecule is CC(C)CCNC(=O)c1ccc(N2CCC(Oc3ccccc3C(F)(F)F)CC2)nn1. The van der Waals surface area contributed by atoms with Gasteiger partial charge in [-0.05, 0) is 36.6 Å². The van der Waals surface area contributed by atoms with E-state index in [1.54, 1.807) is 12.1 Å². The smallest absolute Gasteiger partial charge is 0.419 e. The molecule has 0 unspecified atom stereocenters. The van der Waals surface area contributed by atoms with Gasteiger partial charge in [-0.15, -0.1) is 10.2 Å². The first-order valence-electron chi connectivity index (χ1n) is 10.4. The van der Waals surface area contributed by atoms with E-state index in [2.05, 4.69) is 29.4 Å². The normalized spacial score (nSPS) is 15.2.